The Morgan fingerprint density at radius 1 is 1.47 bits per heavy atom. The lowest BCUT2D eigenvalue weighted by Crippen LogP contribution is -2.48. The van der Waals surface area contributed by atoms with Crippen molar-refractivity contribution < 1.29 is 9.53 Å². The average Bonchev–Trinajstić information content (AvgIpc) is 2.19. The second kappa shape index (κ2) is 7.10. The molecule has 0 aromatic heterocycles. The van der Waals surface area contributed by atoms with Crippen molar-refractivity contribution in [3.05, 3.63) is 0 Å². The van der Waals surface area contributed by atoms with E-state index in [4.69, 9.17) is 10.5 Å². The highest BCUT2D eigenvalue weighted by molar-refractivity contribution is 5.67. The van der Waals surface area contributed by atoms with E-state index in [9.17, 15) is 4.79 Å². The van der Waals surface area contributed by atoms with Crippen LogP contribution in [0.4, 0.5) is 4.79 Å². The molecule has 5 nitrogen and oxygen atoms in total. The predicted molar refractivity (Wildman–Crippen MR) is 77.1 cm³/mol. The summed E-state index contributed by atoms with van der Waals surface area (Å²) in [5.41, 5.74) is 5.38. The van der Waals surface area contributed by atoms with Gasteiger partial charge in [-0.05, 0) is 47.1 Å². The van der Waals surface area contributed by atoms with Gasteiger partial charge >= 0.3 is 6.09 Å². The largest absolute Gasteiger partial charge is 0.444 e. The van der Waals surface area contributed by atoms with Gasteiger partial charge in [-0.1, -0.05) is 6.42 Å². The predicted octanol–water partition coefficient (Wildman–Crippen LogP) is 1.71. The minimum atomic E-state index is -0.444. The molecule has 0 aromatic rings. The van der Waals surface area contributed by atoms with Gasteiger partial charge in [0.25, 0.3) is 0 Å². The summed E-state index contributed by atoms with van der Waals surface area (Å²) in [5, 5.41) is 2.79. The molecular weight excluding hydrogens is 242 g/mol. The zero-order valence-electron chi connectivity index (χ0n) is 12.7. The second-order valence-electron chi connectivity index (χ2n) is 6.36. The highest BCUT2D eigenvalue weighted by Gasteiger charge is 2.26. The van der Waals surface area contributed by atoms with Crippen LogP contribution >= 0.6 is 0 Å². The van der Waals surface area contributed by atoms with Gasteiger partial charge in [0.15, 0.2) is 0 Å². The Morgan fingerprint density at radius 3 is 2.53 bits per heavy atom. The van der Waals surface area contributed by atoms with Crippen molar-refractivity contribution in [3.8, 4) is 0 Å². The van der Waals surface area contributed by atoms with Gasteiger partial charge in [-0.15, -0.1) is 0 Å². The molecule has 19 heavy (non-hydrogen) atoms. The lowest BCUT2D eigenvalue weighted by Gasteiger charge is -2.39. The highest BCUT2D eigenvalue weighted by atomic mass is 16.6. The summed E-state index contributed by atoms with van der Waals surface area (Å²) in [6, 6.07) is 1.01. The van der Waals surface area contributed by atoms with Crippen LogP contribution in [0, 0.1) is 0 Å². The van der Waals surface area contributed by atoms with E-state index in [1.165, 1.54) is 19.3 Å². The van der Waals surface area contributed by atoms with E-state index < -0.39 is 5.60 Å². The molecule has 1 atom stereocenters. The Bertz CT molecular complexity index is 285. The van der Waals surface area contributed by atoms with Gasteiger partial charge in [0, 0.05) is 25.2 Å². The number of nitrogens with one attached hydrogen (secondary N) is 1. The Kier molecular flexibility index (Phi) is 6.07. The molecule has 0 spiro atoms. The minimum absolute atomic E-state index is 0.334. The number of nitrogens with zero attached hydrogens (tertiary/aromatic N) is 1. The van der Waals surface area contributed by atoms with Crippen LogP contribution in [0.2, 0.25) is 0 Å². The lowest BCUT2D eigenvalue weighted by molar-refractivity contribution is 0.0516. The van der Waals surface area contributed by atoms with Crippen LogP contribution < -0.4 is 11.1 Å². The molecule has 112 valence electrons. The molecule has 1 amide bonds. The van der Waals surface area contributed by atoms with Gasteiger partial charge in [-0.3, -0.25) is 4.90 Å². The van der Waals surface area contributed by atoms with Crippen LogP contribution in [-0.2, 0) is 4.74 Å². The first-order chi connectivity index (χ1) is 8.83. The first-order valence-electron chi connectivity index (χ1n) is 7.22. The average molecular weight is 271 g/mol. The van der Waals surface area contributed by atoms with Gasteiger partial charge < -0.3 is 15.8 Å². The van der Waals surface area contributed by atoms with Gasteiger partial charge in [-0.2, -0.15) is 0 Å². The van der Waals surface area contributed by atoms with E-state index in [0.29, 0.717) is 25.2 Å². The quantitative estimate of drug-likeness (QED) is 0.772. The maximum atomic E-state index is 11.5. The van der Waals surface area contributed by atoms with E-state index in [-0.39, 0.29) is 6.09 Å². The van der Waals surface area contributed by atoms with Crippen molar-refractivity contribution >= 4 is 6.09 Å². The highest BCUT2D eigenvalue weighted by Crippen LogP contribution is 2.25. The Balaban J connectivity index is 2.23. The molecule has 0 aliphatic heterocycles. The number of carbonyl (C=O) groups is 1. The van der Waals surface area contributed by atoms with E-state index in [2.05, 4.69) is 17.3 Å². The third kappa shape index (κ3) is 5.78. The van der Waals surface area contributed by atoms with Crippen molar-refractivity contribution in [1.82, 2.24) is 10.2 Å². The topological polar surface area (TPSA) is 67.6 Å². The SMILES string of the molecule is CN(C(CN)CCNC(=O)OC(C)(C)C)C1CCC1. The Hall–Kier alpha value is -0.810. The second-order valence-corrected chi connectivity index (χ2v) is 6.36. The maximum absolute atomic E-state index is 11.5. The van der Waals surface area contributed by atoms with Gasteiger partial charge in [0.1, 0.15) is 5.60 Å². The van der Waals surface area contributed by atoms with Gasteiger partial charge in [0.05, 0.1) is 0 Å². The summed E-state index contributed by atoms with van der Waals surface area (Å²) in [5.74, 6) is 0. The number of nitrogens with two attached hydrogens (primary N) is 1. The van der Waals surface area contributed by atoms with Crippen LogP contribution in [0.15, 0.2) is 0 Å². The van der Waals surface area contributed by atoms with E-state index in [1.54, 1.807) is 0 Å². The van der Waals surface area contributed by atoms with Crippen molar-refractivity contribution in [2.24, 2.45) is 5.73 Å². The minimum Gasteiger partial charge on any atom is -0.444 e. The number of hydrogen-bond acceptors (Lipinski definition) is 4. The fourth-order valence-electron chi connectivity index (χ4n) is 2.23. The number of likely N-dealkylation sites (N-methyl/N-ethyl adjacent to an activating group) is 1. The third-order valence-corrected chi connectivity index (χ3v) is 3.64. The zero-order valence-corrected chi connectivity index (χ0v) is 12.7. The summed E-state index contributed by atoms with van der Waals surface area (Å²) >= 11 is 0. The Morgan fingerprint density at radius 2 is 2.11 bits per heavy atom. The van der Waals surface area contributed by atoms with Gasteiger partial charge in [0.2, 0.25) is 0 Å². The molecular formula is C14H29N3O2. The molecule has 0 radical (unpaired) electrons. The first kappa shape index (κ1) is 16.2. The summed E-state index contributed by atoms with van der Waals surface area (Å²) in [7, 11) is 2.13. The molecule has 1 unspecified atom stereocenters. The summed E-state index contributed by atoms with van der Waals surface area (Å²) < 4.78 is 5.20. The van der Waals surface area contributed by atoms with Crippen LogP contribution in [0.5, 0.6) is 0 Å². The normalized spacial score (nSPS) is 18.0. The molecule has 1 fully saturated rings. The van der Waals surface area contributed by atoms with Crippen LogP contribution in [-0.4, -0.2) is 48.8 Å². The van der Waals surface area contributed by atoms with E-state index in [1.807, 2.05) is 20.8 Å². The molecule has 0 saturated heterocycles. The molecule has 1 aliphatic rings. The van der Waals surface area contributed by atoms with Crippen molar-refractivity contribution in [3.63, 3.8) is 0 Å². The molecule has 3 N–H and O–H groups in total. The molecule has 5 heteroatoms. The molecule has 0 aromatic carbocycles. The monoisotopic (exact) mass is 271 g/mol. The molecule has 1 saturated carbocycles. The van der Waals surface area contributed by atoms with Crippen molar-refractivity contribution in [2.45, 2.75) is 64.1 Å². The smallest absolute Gasteiger partial charge is 0.407 e. The summed E-state index contributed by atoms with van der Waals surface area (Å²) in [6.07, 6.45) is 4.37. The summed E-state index contributed by atoms with van der Waals surface area (Å²) in [4.78, 5) is 13.9. The fraction of sp³-hybridized carbons (Fsp3) is 0.929. The number of amides is 1. The number of carbonyl (C=O) groups excluding carboxylic acids is 1. The molecule has 0 heterocycles. The van der Waals surface area contributed by atoms with E-state index >= 15 is 0 Å². The maximum Gasteiger partial charge on any atom is 0.407 e. The number of ether oxygens (including phenoxy) is 1. The Labute approximate surface area is 116 Å². The zero-order chi connectivity index (χ0) is 14.5. The van der Waals surface area contributed by atoms with Crippen LogP contribution in [0.3, 0.4) is 0 Å². The first-order valence-corrected chi connectivity index (χ1v) is 7.22. The standard InChI is InChI=1S/C14H29N3O2/c1-14(2,3)19-13(18)16-9-8-12(10-15)17(4)11-6-5-7-11/h11-12H,5-10,15H2,1-4H3,(H,16,18). The summed E-state index contributed by atoms with van der Waals surface area (Å²) in [6.45, 7) is 6.82. The van der Waals surface area contributed by atoms with Crippen molar-refractivity contribution in [2.75, 3.05) is 20.1 Å². The molecule has 1 rings (SSSR count). The number of alkyl carbamates (subject to hydrolysis) is 1. The fourth-order valence-corrected chi connectivity index (χ4v) is 2.23. The van der Waals surface area contributed by atoms with Crippen LogP contribution in [0.1, 0.15) is 46.5 Å². The van der Waals surface area contributed by atoms with Crippen molar-refractivity contribution in [1.29, 1.82) is 0 Å². The number of rotatable bonds is 6. The van der Waals surface area contributed by atoms with E-state index in [0.717, 1.165) is 6.42 Å². The van der Waals surface area contributed by atoms with Crippen LogP contribution in [0.25, 0.3) is 0 Å². The number of hydrogen-bond donors (Lipinski definition) is 2. The molecule has 0 bridgehead atoms. The van der Waals surface area contributed by atoms with Gasteiger partial charge in [-0.25, -0.2) is 4.79 Å². The molecule has 1 aliphatic carbocycles. The third-order valence-electron chi connectivity index (χ3n) is 3.64. The lowest BCUT2D eigenvalue weighted by atomic mass is 9.90.